The minimum Gasteiger partial charge on any atom is -0.303 e. The van der Waals surface area contributed by atoms with E-state index in [-0.39, 0.29) is 5.91 Å². The fraction of sp³-hybridized carbons (Fsp3) is 0.500. The normalized spacial score (nSPS) is 21.5. The Morgan fingerprint density at radius 3 is 3.18 bits per heavy atom. The molecule has 1 heterocycles. The summed E-state index contributed by atoms with van der Waals surface area (Å²) in [7, 11) is 0. The number of nitrogens with zero attached hydrogens (tertiary/aromatic N) is 2. The van der Waals surface area contributed by atoms with E-state index in [1.54, 1.807) is 6.21 Å². The van der Waals surface area contributed by atoms with Crippen LogP contribution in [0.15, 0.2) is 10.2 Å². The van der Waals surface area contributed by atoms with E-state index in [0.717, 1.165) is 6.42 Å². The first kappa shape index (κ1) is 8.26. The van der Waals surface area contributed by atoms with Crippen LogP contribution in [0.3, 0.4) is 0 Å². The number of nitrogens with one attached hydrogen (secondary N) is 1. The summed E-state index contributed by atoms with van der Waals surface area (Å²) in [5.74, 6) is 0.459. The molecule has 5 heteroatoms. The Balaban J connectivity index is 2.42. The van der Waals surface area contributed by atoms with Gasteiger partial charge in [0.1, 0.15) is 0 Å². The summed E-state index contributed by atoms with van der Waals surface area (Å²) >= 11 is 1.38. The molecule has 0 spiro atoms. The molecule has 0 saturated carbocycles. The maximum absolute atomic E-state index is 10.6. The lowest BCUT2D eigenvalue weighted by atomic mass is 10.6. The molecule has 1 N–H and O–H groups in total. The third-order valence-electron chi connectivity index (χ3n) is 0.999. The SMILES string of the molecule is CCC=NN=C1NC(=O)CS1. The van der Waals surface area contributed by atoms with Gasteiger partial charge in [0, 0.05) is 6.21 Å². The minimum atomic E-state index is 0.000415. The molecule has 0 aliphatic carbocycles. The van der Waals surface area contributed by atoms with E-state index < -0.39 is 0 Å². The van der Waals surface area contributed by atoms with Crippen molar-refractivity contribution in [3.63, 3.8) is 0 Å². The molecule has 1 aliphatic rings. The van der Waals surface area contributed by atoms with E-state index in [9.17, 15) is 4.79 Å². The van der Waals surface area contributed by atoms with Gasteiger partial charge in [0.2, 0.25) is 5.91 Å². The molecule has 0 bridgehead atoms. The summed E-state index contributed by atoms with van der Waals surface area (Å²) in [5.41, 5.74) is 0. The minimum absolute atomic E-state index is 0.000415. The molecule has 1 aliphatic heterocycles. The molecule has 1 amide bonds. The van der Waals surface area contributed by atoms with Gasteiger partial charge in [0.05, 0.1) is 5.75 Å². The first-order chi connectivity index (χ1) is 5.33. The quantitative estimate of drug-likeness (QED) is 0.488. The standard InChI is InChI=1S/C6H9N3OS/c1-2-3-7-9-6-8-5(10)4-11-6/h3H,2,4H2,1H3,(H,8,9,10). The summed E-state index contributed by atoms with van der Waals surface area (Å²) in [4.78, 5) is 10.6. The fourth-order valence-corrected chi connectivity index (χ4v) is 1.18. The van der Waals surface area contributed by atoms with Gasteiger partial charge < -0.3 is 5.32 Å². The van der Waals surface area contributed by atoms with Gasteiger partial charge in [-0.15, -0.1) is 5.10 Å². The summed E-state index contributed by atoms with van der Waals surface area (Å²) < 4.78 is 0. The lowest BCUT2D eigenvalue weighted by Crippen LogP contribution is -2.19. The zero-order valence-electron chi connectivity index (χ0n) is 6.20. The fourth-order valence-electron chi connectivity index (χ4n) is 0.554. The van der Waals surface area contributed by atoms with Crippen LogP contribution in [-0.4, -0.2) is 23.0 Å². The van der Waals surface area contributed by atoms with Crippen molar-refractivity contribution in [1.29, 1.82) is 0 Å². The van der Waals surface area contributed by atoms with E-state index >= 15 is 0 Å². The highest BCUT2D eigenvalue weighted by Gasteiger charge is 2.15. The van der Waals surface area contributed by atoms with Gasteiger partial charge in [0.15, 0.2) is 5.17 Å². The van der Waals surface area contributed by atoms with Gasteiger partial charge in [0.25, 0.3) is 0 Å². The zero-order chi connectivity index (χ0) is 8.10. The van der Waals surface area contributed by atoms with Crippen LogP contribution in [0.1, 0.15) is 13.3 Å². The molecule has 60 valence electrons. The third-order valence-corrected chi connectivity index (χ3v) is 1.86. The summed E-state index contributed by atoms with van der Waals surface area (Å²) in [6, 6.07) is 0. The molecule has 1 rings (SSSR count). The monoisotopic (exact) mass is 171 g/mol. The highest BCUT2D eigenvalue weighted by Crippen LogP contribution is 2.08. The maximum atomic E-state index is 10.6. The molecule has 0 unspecified atom stereocenters. The number of rotatable bonds is 2. The average Bonchev–Trinajstić information content (AvgIpc) is 2.37. The molecule has 0 atom stereocenters. The number of amides is 1. The second-order valence-electron chi connectivity index (χ2n) is 1.95. The Bertz CT molecular complexity index is 212. The first-order valence-corrected chi connectivity index (χ1v) is 4.33. The molecule has 4 nitrogen and oxygen atoms in total. The summed E-state index contributed by atoms with van der Waals surface area (Å²) in [5, 5.41) is 10.7. The van der Waals surface area contributed by atoms with Crippen LogP contribution in [0, 0.1) is 0 Å². The van der Waals surface area contributed by atoms with Gasteiger partial charge in [-0.25, -0.2) is 0 Å². The predicted octanol–water partition coefficient (Wildman–Crippen LogP) is 0.601. The van der Waals surface area contributed by atoms with E-state index in [4.69, 9.17) is 0 Å². The van der Waals surface area contributed by atoms with Crippen LogP contribution >= 0.6 is 11.8 Å². The Morgan fingerprint density at radius 1 is 1.82 bits per heavy atom. The Hall–Kier alpha value is -0.840. The summed E-state index contributed by atoms with van der Waals surface area (Å²) in [6.07, 6.45) is 2.55. The van der Waals surface area contributed by atoms with Crippen molar-refractivity contribution in [2.45, 2.75) is 13.3 Å². The van der Waals surface area contributed by atoms with Crippen LogP contribution in [-0.2, 0) is 4.79 Å². The van der Waals surface area contributed by atoms with Crippen molar-refractivity contribution in [3.8, 4) is 0 Å². The second-order valence-corrected chi connectivity index (χ2v) is 2.91. The van der Waals surface area contributed by atoms with Gasteiger partial charge in [-0.2, -0.15) is 5.10 Å². The molecule has 11 heavy (non-hydrogen) atoms. The molecule has 0 aromatic carbocycles. The van der Waals surface area contributed by atoms with Crippen molar-refractivity contribution in [2.24, 2.45) is 10.2 Å². The van der Waals surface area contributed by atoms with E-state index in [0.29, 0.717) is 10.9 Å². The number of amidine groups is 1. The van der Waals surface area contributed by atoms with Gasteiger partial charge in [-0.05, 0) is 6.42 Å². The van der Waals surface area contributed by atoms with E-state index in [1.807, 2.05) is 6.92 Å². The predicted molar refractivity (Wildman–Crippen MR) is 46.8 cm³/mol. The van der Waals surface area contributed by atoms with Crippen molar-refractivity contribution in [3.05, 3.63) is 0 Å². The molecule has 0 aromatic heterocycles. The highest BCUT2D eigenvalue weighted by molar-refractivity contribution is 8.15. The maximum Gasteiger partial charge on any atom is 0.236 e. The smallest absolute Gasteiger partial charge is 0.236 e. The second kappa shape index (κ2) is 4.12. The Morgan fingerprint density at radius 2 is 2.64 bits per heavy atom. The topological polar surface area (TPSA) is 53.8 Å². The number of thioether (sulfide) groups is 1. The summed E-state index contributed by atoms with van der Waals surface area (Å²) in [6.45, 7) is 1.98. The van der Waals surface area contributed by atoms with Crippen molar-refractivity contribution in [2.75, 3.05) is 5.75 Å². The number of carbonyl (C=O) groups excluding carboxylic acids is 1. The van der Waals surface area contributed by atoms with Crippen molar-refractivity contribution in [1.82, 2.24) is 5.32 Å². The van der Waals surface area contributed by atoms with Gasteiger partial charge >= 0.3 is 0 Å². The molecular formula is C6H9N3OS. The third kappa shape index (κ3) is 2.71. The van der Waals surface area contributed by atoms with Crippen LogP contribution in [0.25, 0.3) is 0 Å². The number of hydrogen-bond acceptors (Lipinski definition) is 4. The van der Waals surface area contributed by atoms with Gasteiger partial charge in [-0.1, -0.05) is 18.7 Å². The Kier molecular flexibility index (Phi) is 3.10. The lowest BCUT2D eigenvalue weighted by Gasteiger charge is -1.87. The first-order valence-electron chi connectivity index (χ1n) is 3.35. The van der Waals surface area contributed by atoms with E-state index in [2.05, 4.69) is 15.5 Å². The number of carbonyl (C=O) groups is 1. The molecule has 1 saturated heterocycles. The Labute approximate surface area is 69.2 Å². The van der Waals surface area contributed by atoms with Crippen LogP contribution in [0.2, 0.25) is 0 Å². The van der Waals surface area contributed by atoms with Gasteiger partial charge in [-0.3, -0.25) is 4.79 Å². The highest BCUT2D eigenvalue weighted by atomic mass is 32.2. The average molecular weight is 171 g/mol. The molecule has 0 radical (unpaired) electrons. The van der Waals surface area contributed by atoms with Crippen LogP contribution in [0.5, 0.6) is 0 Å². The molecular weight excluding hydrogens is 162 g/mol. The van der Waals surface area contributed by atoms with Crippen LogP contribution in [0.4, 0.5) is 0 Å². The largest absolute Gasteiger partial charge is 0.303 e. The van der Waals surface area contributed by atoms with E-state index in [1.165, 1.54) is 11.8 Å². The van der Waals surface area contributed by atoms with Crippen molar-refractivity contribution < 1.29 is 4.79 Å². The van der Waals surface area contributed by atoms with Crippen molar-refractivity contribution >= 4 is 29.1 Å². The lowest BCUT2D eigenvalue weighted by molar-refractivity contribution is -0.116. The van der Waals surface area contributed by atoms with Crippen LogP contribution < -0.4 is 5.32 Å². The number of hydrogen-bond donors (Lipinski definition) is 1. The molecule has 0 aromatic rings. The zero-order valence-corrected chi connectivity index (χ0v) is 7.02. The molecule has 1 fully saturated rings.